The summed E-state index contributed by atoms with van der Waals surface area (Å²) in [7, 11) is 0. The summed E-state index contributed by atoms with van der Waals surface area (Å²) in [6.45, 7) is 0. The van der Waals surface area contributed by atoms with Crippen LogP contribution in [0.5, 0.6) is 0 Å². The first-order chi connectivity index (χ1) is 23.8. The molecule has 48 heavy (non-hydrogen) atoms. The first kappa shape index (κ1) is 27.6. The Morgan fingerprint density at radius 3 is 0.812 bits per heavy atom. The van der Waals surface area contributed by atoms with Gasteiger partial charge in [0, 0.05) is 22.3 Å². The molecular formula is C42H26N4O2. The van der Waals surface area contributed by atoms with Gasteiger partial charge in [0.05, 0.1) is 0 Å². The summed E-state index contributed by atoms with van der Waals surface area (Å²) in [5, 5.41) is 21.9. The fraction of sp³-hybridized carbons (Fsp3) is 0. The minimum Gasteiger partial charge on any atom is -0.416 e. The van der Waals surface area contributed by atoms with Crippen molar-refractivity contribution in [2.45, 2.75) is 0 Å². The molecule has 7 aromatic carbocycles. The van der Waals surface area contributed by atoms with Gasteiger partial charge < -0.3 is 8.83 Å². The van der Waals surface area contributed by atoms with Gasteiger partial charge in [-0.05, 0) is 92.3 Å². The quantitative estimate of drug-likeness (QED) is 0.173. The Hall–Kier alpha value is -6.66. The van der Waals surface area contributed by atoms with Crippen molar-refractivity contribution in [3.63, 3.8) is 0 Å². The molecule has 0 saturated heterocycles. The Kier molecular flexibility index (Phi) is 6.68. The molecule has 0 saturated carbocycles. The Morgan fingerprint density at radius 1 is 0.250 bits per heavy atom. The van der Waals surface area contributed by atoms with Gasteiger partial charge in [0.2, 0.25) is 23.6 Å². The van der Waals surface area contributed by atoms with E-state index in [0.29, 0.717) is 23.6 Å². The molecule has 0 atom stereocenters. The lowest BCUT2D eigenvalue weighted by atomic mass is 9.85. The van der Waals surface area contributed by atoms with Crippen molar-refractivity contribution in [1.82, 2.24) is 20.4 Å². The maximum atomic E-state index is 6.03. The zero-order valence-corrected chi connectivity index (χ0v) is 25.6. The lowest BCUT2D eigenvalue weighted by molar-refractivity contribution is 0.584. The van der Waals surface area contributed by atoms with E-state index in [0.717, 1.165) is 33.4 Å². The van der Waals surface area contributed by atoms with Gasteiger partial charge in [0.1, 0.15) is 0 Å². The minimum atomic E-state index is 0.491. The smallest absolute Gasteiger partial charge is 0.248 e. The lowest BCUT2D eigenvalue weighted by Gasteiger charge is -2.18. The molecule has 0 aliphatic carbocycles. The molecule has 0 fully saturated rings. The van der Waals surface area contributed by atoms with Crippen LogP contribution in [-0.2, 0) is 0 Å². The molecule has 0 bridgehead atoms. The van der Waals surface area contributed by atoms with Gasteiger partial charge in [0.25, 0.3) is 0 Å². The van der Waals surface area contributed by atoms with Crippen molar-refractivity contribution in [3.05, 3.63) is 158 Å². The van der Waals surface area contributed by atoms with Gasteiger partial charge in [-0.25, -0.2) is 0 Å². The average Bonchev–Trinajstić information content (AvgIpc) is 3.87. The van der Waals surface area contributed by atoms with E-state index in [1.54, 1.807) is 0 Å². The number of hydrogen-bond donors (Lipinski definition) is 0. The Bertz CT molecular complexity index is 2300. The van der Waals surface area contributed by atoms with Crippen LogP contribution in [0.4, 0.5) is 0 Å². The van der Waals surface area contributed by atoms with Gasteiger partial charge in [-0.3, -0.25) is 0 Å². The van der Waals surface area contributed by atoms with Crippen molar-refractivity contribution in [3.8, 4) is 68.1 Å². The van der Waals surface area contributed by atoms with Crippen LogP contribution in [0.25, 0.3) is 89.6 Å². The van der Waals surface area contributed by atoms with E-state index in [-0.39, 0.29) is 0 Å². The second-order valence-corrected chi connectivity index (χ2v) is 11.6. The van der Waals surface area contributed by atoms with E-state index in [1.807, 2.05) is 60.7 Å². The molecule has 0 spiro atoms. The molecule has 9 aromatic rings. The summed E-state index contributed by atoms with van der Waals surface area (Å²) in [5.41, 5.74) is 8.13. The van der Waals surface area contributed by atoms with Crippen LogP contribution in [0, 0.1) is 0 Å². The highest BCUT2D eigenvalue weighted by Gasteiger charge is 2.18. The average molecular weight is 619 g/mol. The van der Waals surface area contributed by atoms with Crippen LogP contribution in [-0.4, -0.2) is 20.4 Å². The van der Waals surface area contributed by atoms with Crippen molar-refractivity contribution < 1.29 is 8.83 Å². The van der Waals surface area contributed by atoms with E-state index in [1.165, 1.54) is 32.7 Å². The fourth-order valence-corrected chi connectivity index (χ4v) is 6.38. The predicted octanol–water partition coefficient (Wildman–Crippen LogP) is 10.8. The number of rotatable bonds is 6. The van der Waals surface area contributed by atoms with E-state index >= 15 is 0 Å². The van der Waals surface area contributed by atoms with Gasteiger partial charge in [-0.1, -0.05) is 109 Å². The minimum absolute atomic E-state index is 0.491. The first-order valence-corrected chi connectivity index (χ1v) is 15.7. The van der Waals surface area contributed by atoms with Crippen LogP contribution in [0.3, 0.4) is 0 Å². The highest BCUT2D eigenvalue weighted by molar-refractivity contribution is 6.21. The Morgan fingerprint density at radius 2 is 0.500 bits per heavy atom. The van der Waals surface area contributed by atoms with Crippen LogP contribution < -0.4 is 0 Å². The first-order valence-electron chi connectivity index (χ1n) is 15.7. The predicted molar refractivity (Wildman–Crippen MR) is 190 cm³/mol. The van der Waals surface area contributed by atoms with Crippen molar-refractivity contribution in [1.29, 1.82) is 0 Å². The van der Waals surface area contributed by atoms with Crippen LogP contribution in [0.15, 0.2) is 167 Å². The maximum absolute atomic E-state index is 6.03. The summed E-state index contributed by atoms with van der Waals surface area (Å²) in [6.07, 6.45) is 0. The van der Waals surface area contributed by atoms with Crippen molar-refractivity contribution >= 4 is 21.5 Å². The molecule has 0 radical (unpaired) electrons. The summed E-state index contributed by atoms with van der Waals surface area (Å²) in [4.78, 5) is 0. The normalized spacial score (nSPS) is 11.3. The van der Waals surface area contributed by atoms with Gasteiger partial charge in [-0.15, -0.1) is 20.4 Å². The van der Waals surface area contributed by atoms with E-state index < -0.39 is 0 Å². The number of benzene rings is 7. The SMILES string of the molecule is c1ccc(-c2nnc(-c3ccc(-c4c5ccccc5c(-c5ccc(-c6nnc(-c7ccccc7)o6)cc5)c5ccccc45)cc3)o2)cc1. The Labute approximate surface area is 276 Å². The zero-order valence-electron chi connectivity index (χ0n) is 25.6. The monoisotopic (exact) mass is 618 g/mol. The molecule has 2 aromatic heterocycles. The molecular weight excluding hydrogens is 592 g/mol. The highest BCUT2D eigenvalue weighted by atomic mass is 16.4. The second kappa shape index (κ2) is 11.6. The maximum Gasteiger partial charge on any atom is 0.248 e. The summed E-state index contributed by atoms with van der Waals surface area (Å²) >= 11 is 0. The van der Waals surface area contributed by atoms with Crippen molar-refractivity contribution in [2.75, 3.05) is 0 Å². The van der Waals surface area contributed by atoms with Crippen molar-refractivity contribution in [2.24, 2.45) is 0 Å². The van der Waals surface area contributed by atoms with Gasteiger partial charge in [0.15, 0.2) is 0 Å². The van der Waals surface area contributed by atoms with Crippen LogP contribution in [0.2, 0.25) is 0 Å². The topological polar surface area (TPSA) is 77.8 Å². The third-order valence-electron chi connectivity index (χ3n) is 8.66. The standard InChI is InChI=1S/C42H26N4O2/c1-3-11-29(12-4-1)39-43-45-41(47-39)31-23-19-27(20-24-31)37-33-15-7-9-17-35(33)38(36-18-10-8-16-34(36)37)28-21-25-32(26-22-28)42-46-44-40(48-42)30-13-5-2-6-14-30/h1-26H. The van der Waals surface area contributed by atoms with Crippen LogP contribution in [0.1, 0.15) is 0 Å². The van der Waals surface area contributed by atoms with Gasteiger partial charge >= 0.3 is 0 Å². The number of fused-ring (bicyclic) bond motifs is 2. The third kappa shape index (κ3) is 4.84. The zero-order chi connectivity index (χ0) is 31.9. The molecule has 9 rings (SSSR count). The van der Waals surface area contributed by atoms with E-state index in [4.69, 9.17) is 8.83 Å². The fourth-order valence-electron chi connectivity index (χ4n) is 6.38. The number of aromatic nitrogens is 4. The molecule has 0 aliphatic rings. The number of nitrogens with zero attached hydrogens (tertiary/aromatic N) is 4. The molecule has 0 unspecified atom stereocenters. The molecule has 0 N–H and O–H groups in total. The molecule has 6 nitrogen and oxygen atoms in total. The Balaban J connectivity index is 1.11. The molecule has 6 heteroatoms. The summed E-state index contributed by atoms with van der Waals surface area (Å²) in [6, 6.07) is 53.6. The largest absolute Gasteiger partial charge is 0.416 e. The molecule has 0 aliphatic heterocycles. The summed E-state index contributed by atoms with van der Waals surface area (Å²) < 4.78 is 12.1. The highest BCUT2D eigenvalue weighted by Crippen LogP contribution is 2.44. The molecule has 226 valence electrons. The summed E-state index contributed by atoms with van der Waals surface area (Å²) in [5.74, 6) is 1.99. The molecule has 0 amide bonds. The van der Waals surface area contributed by atoms with Gasteiger partial charge in [-0.2, -0.15) is 0 Å². The lowest BCUT2D eigenvalue weighted by Crippen LogP contribution is -1.91. The van der Waals surface area contributed by atoms with Crippen LogP contribution >= 0.6 is 0 Å². The second-order valence-electron chi connectivity index (χ2n) is 11.6. The van der Waals surface area contributed by atoms with E-state index in [9.17, 15) is 0 Å². The van der Waals surface area contributed by atoms with E-state index in [2.05, 4.69) is 117 Å². The third-order valence-corrected chi connectivity index (χ3v) is 8.66. The molecule has 2 heterocycles. The number of hydrogen-bond acceptors (Lipinski definition) is 6.